The molecule has 0 saturated carbocycles. The standard InChI is InChI=1S/C11H18F3NO4/c1-3-10(4-2,9(17)18)15-8(16)5-6-19-7-11(12,13)14/h3-7H2,1-2H3,(H,15,16)(H,17,18). The summed E-state index contributed by atoms with van der Waals surface area (Å²) in [4.78, 5) is 22.6. The van der Waals surface area contributed by atoms with Gasteiger partial charge in [0.25, 0.3) is 0 Å². The fourth-order valence-corrected chi connectivity index (χ4v) is 1.46. The Kier molecular flexibility index (Phi) is 6.82. The average Bonchev–Trinajstić information content (AvgIpc) is 2.30. The fraction of sp³-hybridized carbons (Fsp3) is 0.818. The second-order valence-electron chi connectivity index (χ2n) is 4.06. The third kappa shape index (κ3) is 6.42. The highest BCUT2D eigenvalue weighted by Gasteiger charge is 2.36. The minimum Gasteiger partial charge on any atom is -0.480 e. The predicted octanol–water partition coefficient (Wildman–Crippen LogP) is 1.71. The summed E-state index contributed by atoms with van der Waals surface area (Å²) in [6.45, 7) is 1.39. The zero-order valence-corrected chi connectivity index (χ0v) is 10.8. The number of rotatable bonds is 8. The molecule has 19 heavy (non-hydrogen) atoms. The number of aliphatic carboxylic acids is 1. The van der Waals surface area contributed by atoms with E-state index in [1.807, 2.05) is 0 Å². The monoisotopic (exact) mass is 285 g/mol. The van der Waals surface area contributed by atoms with Crippen molar-refractivity contribution in [2.45, 2.75) is 44.8 Å². The Labute approximate surface area is 109 Å². The van der Waals surface area contributed by atoms with Gasteiger partial charge >= 0.3 is 12.1 Å². The van der Waals surface area contributed by atoms with Crippen molar-refractivity contribution in [3.63, 3.8) is 0 Å². The Balaban J connectivity index is 4.19. The fourth-order valence-electron chi connectivity index (χ4n) is 1.46. The molecule has 0 heterocycles. The highest BCUT2D eigenvalue weighted by Crippen LogP contribution is 2.16. The first-order valence-corrected chi connectivity index (χ1v) is 5.85. The lowest BCUT2D eigenvalue weighted by Gasteiger charge is -2.28. The Bertz CT molecular complexity index is 314. The lowest BCUT2D eigenvalue weighted by atomic mass is 9.93. The van der Waals surface area contributed by atoms with Crippen molar-refractivity contribution < 1.29 is 32.6 Å². The summed E-state index contributed by atoms with van der Waals surface area (Å²) in [6, 6.07) is 0. The number of hydrogen-bond donors (Lipinski definition) is 2. The summed E-state index contributed by atoms with van der Waals surface area (Å²) in [5, 5.41) is 11.4. The van der Waals surface area contributed by atoms with Crippen LogP contribution in [0.15, 0.2) is 0 Å². The maximum atomic E-state index is 11.8. The van der Waals surface area contributed by atoms with Crippen LogP contribution in [0.2, 0.25) is 0 Å². The minimum absolute atomic E-state index is 0.188. The molecule has 0 unspecified atom stereocenters. The maximum absolute atomic E-state index is 11.8. The van der Waals surface area contributed by atoms with E-state index in [0.717, 1.165) is 0 Å². The number of alkyl halides is 3. The summed E-state index contributed by atoms with van der Waals surface area (Å²) in [5.74, 6) is -1.81. The molecule has 0 aliphatic heterocycles. The van der Waals surface area contributed by atoms with Crippen LogP contribution < -0.4 is 5.32 Å². The van der Waals surface area contributed by atoms with Crippen LogP contribution >= 0.6 is 0 Å². The SMILES string of the molecule is CCC(CC)(NC(=O)CCOCC(F)(F)F)C(=O)O. The Morgan fingerprint density at radius 2 is 1.74 bits per heavy atom. The molecule has 0 aromatic carbocycles. The summed E-state index contributed by atoms with van der Waals surface area (Å²) in [6.07, 6.45) is -4.37. The number of ether oxygens (including phenoxy) is 1. The summed E-state index contributed by atoms with van der Waals surface area (Å²) in [5.41, 5.74) is -1.37. The first-order valence-electron chi connectivity index (χ1n) is 5.85. The molecule has 0 radical (unpaired) electrons. The van der Waals surface area contributed by atoms with Crippen molar-refractivity contribution in [3.05, 3.63) is 0 Å². The third-order valence-electron chi connectivity index (χ3n) is 2.73. The van der Waals surface area contributed by atoms with Gasteiger partial charge < -0.3 is 15.2 Å². The van der Waals surface area contributed by atoms with Crippen LogP contribution in [0.1, 0.15) is 33.1 Å². The van der Waals surface area contributed by atoms with Gasteiger partial charge in [-0.15, -0.1) is 0 Å². The molecule has 0 saturated heterocycles. The number of carboxylic acid groups (broad SMARTS) is 1. The van der Waals surface area contributed by atoms with Gasteiger partial charge in [0.2, 0.25) is 5.91 Å². The zero-order chi connectivity index (χ0) is 15.1. The van der Waals surface area contributed by atoms with Crippen molar-refractivity contribution in [2.75, 3.05) is 13.2 Å². The molecule has 0 aliphatic carbocycles. The van der Waals surface area contributed by atoms with Crippen LogP contribution in [0.25, 0.3) is 0 Å². The van der Waals surface area contributed by atoms with Gasteiger partial charge in [0.1, 0.15) is 12.1 Å². The highest BCUT2D eigenvalue weighted by atomic mass is 19.4. The molecular formula is C11H18F3NO4. The van der Waals surface area contributed by atoms with Gasteiger partial charge in [-0.2, -0.15) is 13.2 Å². The van der Waals surface area contributed by atoms with E-state index in [2.05, 4.69) is 10.1 Å². The second-order valence-corrected chi connectivity index (χ2v) is 4.06. The molecule has 0 aromatic heterocycles. The average molecular weight is 285 g/mol. The van der Waals surface area contributed by atoms with E-state index in [4.69, 9.17) is 5.11 Å². The van der Waals surface area contributed by atoms with Crippen molar-refractivity contribution in [3.8, 4) is 0 Å². The Morgan fingerprint density at radius 3 is 2.11 bits per heavy atom. The quantitative estimate of drug-likeness (QED) is 0.666. The van der Waals surface area contributed by atoms with Crippen LogP contribution in [0, 0.1) is 0 Å². The molecule has 0 aliphatic rings. The first kappa shape index (κ1) is 17.7. The van der Waals surface area contributed by atoms with Gasteiger partial charge in [-0.25, -0.2) is 4.79 Å². The van der Waals surface area contributed by atoms with Crippen molar-refractivity contribution in [2.24, 2.45) is 0 Å². The van der Waals surface area contributed by atoms with E-state index in [0.29, 0.717) is 0 Å². The van der Waals surface area contributed by atoms with Crippen LogP contribution in [0.3, 0.4) is 0 Å². The molecular weight excluding hydrogens is 267 g/mol. The topological polar surface area (TPSA) is 75.6 Å². The lowest BCUT2D eigenvalue weighted by Crippen LogP contribution is -2.53. The van der Waals surface area contributed by atoms with E-state index in [-0.39, 0.29) is 19.3 Å². The molecule has 112 valence electrons. The smallest absolute Gasteiger partial charge is 0.411 e. The Morgan fingerprint density at radius 1 is 1.21 bits per heavy atom. The molecule has 2 N–H and O–H groups in total. The lowest BCUT2D eigenvalue weighted by molar-refractivity contribution is -0.174. The van der Waals surface area contributed by atoms with E-state index in [9.17, 15) is 22.8 Å². The van der Waals surface area contributed by atoms with Crippen molar-refractivity contribution >= 4 is 11.9 Å². The molecule has 0 aromatic rings. The van der Waals surface area contributed by atoms with Gasteiger partial charge in [0.15, 0.2) is 0 Å². The van der Waals surface area contributed by atoms with E-state index >= 15 is 0 Å². The van der Waals surface area contributed by atoms with Crippen LogP contribution in [0.5, 0.6) is 0 Å². The number of carbonyl (C=O) groups is 2. The van der Waals surface area contributed by atoms with E-state index in [1.54, 1.807) is 13.8 Å². The number of carboxylic acids is 1. The zero-order valence-electron chi connectivity index (χ0n) is 10.8. The molecule has 0 atom stereocenters. The largest absolute Gasteiger partial charge is 0.480 e. The van der Waals surface area contributed by atoms with Gasteiger partial charge in [-0.1, -0.05) is 13.8 Å². The Hall–Kier alpha value is -1.31. The number of hydrogen-bond acceptors (Lipinski definition) is 3. The van der Waals surface area contributed by atoms with Crippen molar-refractivity contribution in [1.29, 1.82) is 0 Å². The van der Waals surface area contributed by atoms with Crippen LogP contribution in [0.4, 0.5) is 13.2 Å². The van der Waals surface area contributed by atoms with Gasteiger partial charge in [-0.3, -0.25) is 4.79 Å². The summed E-state index contributed by atoms with van der Waals surface area (Å²) >= 11 is 0. The normalized spacial score (nSPS) is 12.3. The minimum atomic E-state index is -4.44. The van der Waals surface area contributed by atoms with Crippen molar-refractivity contribution in [1.82, 2.24) is 5.32 Å². The molecule has 8 heteroatoms. The summed E-state index contributed by atoms with van der Waals surface area (Å²) < 4.78 is 39.6. The number of amides is 1. The number of halogens is 3. The highest BCUT2D eigenvalue weighted by molar-refractivity contribution is 5.86. The molecule has 0 rings (SSSR count). The predicted molar refractivity (Wildman–Crippen MR) is 60.6 cm³/mol. The number of nitrogens with one attached hydrogen (secondary N) is 1. The van der Waals surface area contributed by atoms with E-state index < -0.39 is 36.8 Å². The molecule has 0 spiro atoms. The summed E-state index contributed by atoms with van der Waals surface area (Å²) in [7, 11) is 0. The first-order chi connectivity index (χ1) is 8.67. The molecule has 5 nitrogen and oxygen atoms in total. The third-order valence-corrected chi connectivity index (χ3v) is 2.73. The molecule has 0 fully saturated rings. The van der Waals surface area contributed by atoms with Crippen LogP contribution in [-0.4, -0.2) is 41.9 Å². The van der Waals surface area contributed by atoms with Gasteiger partial charge in [0.05, 0.1) is 6.61 Å². The second kappa shape index (κ2) is 7.32. The maximum Gasteiger partial charge on any atom is 0.411 e. The van der Waals surface area contributed by atoms with Gasteiger partial charge in [-0.05, 0) is 12.8 Å². The van der Waals surface area contributed by atoms with E-state index in [1.165, 1.54) is 0 Å². The number of carbonyl (C=O) groups excluding carboxylic acids is 1. The van der Waals surface area contributed by atoms with Gasteiger partial charge in [0, 0.05) is 6.42 Å². The molecule has 1 amide bonds. The van der Waals surface area contributed by atoms with Crippen LogP contribution in [-0.2, 0) is 14.3 Å². The molecule has 0 bridgehead atoms.